The molecule has 0 amide bonds. The van der Waals surface area contributed by atoms with Crippen LogP contribution in [0.25, 0.3) is 0 Å². The summed E-state index contributed by atoms with van der Waals surface area (Å²) in [5.74, 6) is -0.115. The van der Waals surface area contributed by atoms with E-state index in [0.717, 1.165) is 18.6 Å². The van der Waals surface area contributed by atoms with Gasteiger partial charge in [-0.05, 0) is 31.2 Å². The Kier molecular flexibility index (Phi) is 5.81. The van der Waals surface area contributed by atoms with Crippen LogP contribution in [0.5, 0.6) is 0 Å². The highest BCUT2D eigenvalue weighted by molar-refractivity contribution is 7.91. The van der Waals surface area contributed by atoms with Crippen molar-refractivity contribution in [2.24, 2.45) is 5.92 Å². The Hall–Kier alpha value is -1.08. The summed E-state index contributed by atoms with van der Waals surface area (Å²) < 4.78 is 62.6. The van der Waals surface area contributed by atoms with Crippen LogP contribution in [0.2, 0.25) is 0 Å². The summed E-state index contributed by atoms with van der Waals surface area (Å²) >= 11 is 0. The first-order valence-electron chi connectivity index (χ1n) is 6.69. The lowest BCUT2D eigenvalue weighted by molar-refractivity contribution is -0.137. The number of hydrogen-bond donors (Lipinski definition) is 1. The van der Waals surface area contributed by atoms with Gasteiger partial charge in [-0.25, -0.2) is 8.42 Å². The maximum absolute atomic E-state index is 12.7. The third-order valence-electron chi connectivity index (χ3n) is 3.62. The minimum atomic E-state index is -4.55. The van der Waals surface area contributed by atoms with Gasteiger partial charge in [-0.1, -0.05) is 26.3 Å². The molecule has 2 unspecified atom stereocenters. The van der Waals surface area contributed by atoms with E-state index in [1.54, 1.807) is 7.05 Å². The number of benzene rings is 1. The lowest BCUT2D eigenvalue weighted by atomic mass is 10.0. The SMILES string of the molecule is CCC(C)C(CS(=O)(=O)c1cccc(C(F)(F)F)c1)NC. The lowest BCUT2D eigenvalue weighted by Crippen LogP contribution is -2.38. The van der Waals surface area contributed by atoms with Crippen molar-refractivity contribution in [1.29, 1.82) is 0 Å². The molecule has 0 saturated heterocycles. The van der Waals surface area contributed by atoms with E-state index in [2.05, 4.69) is 5.32 Å². The van der Waals surface area contributed by atoms with E-state index in [1.165, 1.54) is 6.07 Å². The second-order valence-corrected chi connectivity index (χ2v) is 7.12. The van der Waals surface area contributed by atoms with Crippen molar-refractivity contribution in [2.75, 3.05) is 12.8 Å². The van der Waals surface area contributed by atoms with Gasteiger partial charge in [0.2, 0.25) is 0 Å². The average Bonchev–Trinajstić information content (AvgIpc) is 2.43. The third-order valence-corrected chi connectivity index (χ3v) is 5.39. The Morgan fingerprint density at radius 1 is 1.29 bits per heavy atom. The van der Waals surface area contributed by atoms with Crippen molar-refractivity contribution in [3.63, 3.8) is 0 Å². The van der Waals surface area contributed by atoms with Gasteiger partial charge in [0.1, 0.15) is 0 Å². The smallest absolute Gasteiger partial charge is 0.316 e. The average molecular weight is 323 g/mol. The molecule has 2 atom stereocenters. The summed E-state index contributed by atoms with van der Waals surface area (Å²) in [5, 5.41) is 2.92. The molecule has 1 rings (SSSR count). The Morgan fingerprint density at radius 2 is 1.90 bits per heavy atom. The van der Waals surface area contributed by atoms with Gasteiger partial charge < -0.3 is 5.32 Å². The predicted octanol–water partition coefficient (Wildman–Crippen LogP) is 3.11. The van der Waals surface area contributed by atoms with E-state index in [9.17, 15) is 21.6 Å². The first-order chi connectivity index (χ1) is 9.61. The van der Waals surface area contributed by atoms with Crippen molar-refractivity contribution in [1.82, 2.24) is 5.32 Å². The van der Waals surface area contributed by atoms with E-state index >= 15 is 0 Å². The lowest BCUT2D eigenvalue weighted by Gasteiger charge is -2.22. The first-order valence-corrected chi connectivity index (χ1v) is 8.34. The summed E-state index contributed by atoms with van der Waals surface area (Å²) in [6.45, 7) is 3.84. The summed E-state index contributed by atoms with van der Waals surface area (Å²) in [5.41, 5.74) is -0.951. The first kappa shape index (κ1) is 18.0. The van der Waals surface area contributed by atoms with E-state index in [1.807, 2.05) is 13.8 Å². The number of hydrogen-bond acceptors (Lipinski definition) is 3. The van der Waals surface area contributed by atoms with Crippen LogP contribution >= 0.6 is 0 Å². The van der Waals surface area contributed by atoms with Gasteiger partial charge in [0.05, 0.1) is 16.2 Å². The van der Waals surface area contributed by atoms with Gasteiger partial charge in [0.15, 0.2) is 9.84 Å². The zero-order valence-electron chi connectivity index (χ0n) is 12.2. The van der Waals surface area contributed by atoms with Gasteiger partial charge in [-0.15, -0.1) is 0 Å². The molecule has 0 bridgehead atoms. The largest absolute Gasteiger partial charge is 0.416 e. The molecule has 3 nitrogen and oxygen atoms in total. The fraction of sp³-hybridized carbons (Fsp3) is 0.571. The highest BCUT2D eigenvalue weighted by atomic mass is 32.2. The van der Waals surface area contributed by atoms with Crippen molar-refractivity contribution >= 4 is 9.84 Å². The Morgan fingerprint density at radius 3 is 2.38 bits per heavy atom. The molecule has 21 heavy (non-hydrogen) atoms. The predicted molar refractivity (Wildman–Crippen MR) is 75.8 cm³/mol. The number of nitrogens with one attached hydrogen (secondary N) is 1. The van der Waals surface area contributed by atoms with Gasteiger partial charge in [0.25, 0.3) is 0 Å². The molecule has 0 fully saturated rings. The summed E-state index contributed by atoms with van der Waals surface area (Å²) in [6.07, 6.45) is -3.77. The van der Waals surface area contributed by atoms with Crippen LogP contribution in [0.15, 0.2) is 29.2 Å². The molecule has 1 aromatic rings. The highest BCUT2D eigenvalue weighted by Crippen LogP contribution is 2.30. The van der Waals surface area contributed by atoms with E-state index < -0.39 is 21.6 Å². The number of halogens is 3. The van der Waals surface area contributed by atoms with E-state index in [0.29, 0.717) is 6.07 Å². The molecule has 0 spiro atoms. The topological polar surface area (TPSA) is 46.2 Å². The van der Waals surface area contributed by atoms with Crippen molar-refractivity contribution in [3.8, 4) is 0 Å². The minimum absolute atomic E-state index is 0.107. The second kappa shape index (κ2) is 6.79. The monoisotopic (exact) mass is 323 g/mol. The van der Waals surface area contributed by atoms with Crippen LogP contribution in [0.3, 0.4) is 0 Å². The van der Waals surface area contributed by atoms with Crippen LogP contribution in [-0.2, 0) is 16.0 Å². The van der Waals surface area contributed by atoms with Gasteiger partial charge in [-0.2, -0.15) is 13.2 Å². The summed E-state index contributed by atoms with van der Waals surface area (Å²) in [6, 6.07) is 3.58. The second-order valence-electron chi connectivity index (χ2n) is 5.09. The van der Waals surface area contributed by atoms with Crippen molar-refractivity contribution in [3.05, 3.63) is 29.8 Å². The number of alkyl halides is 3. The van der Waals surface area contributed by atoms with Crippen LogP contribution in [0.4, 0.5) is 13.2 Å². The molecule has 0 heterocycles. The Labute approximate surface area is 123 Å². The van der Waals surface area contributed by atoms with Crippen molar-refractivity contribution in [2.45, 2.75) is 37.4 Å². The maximum atomic E-state index is 12.7. The molecule has 120 valence electrons. The molecular formula is C14H20F3NO2S. The standard InChI is InChI=1S/C14H20F3NO2S/c1-4-10(2)13(18-3)9-21(19,20)12-7-5-6-11(8-12)14(15,16)17/h5-8,10,13,18H,4,9H2,1-3H3. The van der Waals surface area contributed by atoms with Gasteiger partial charge >= 0.3 is 6.18 Å². The van der Waals surface area contributed by atoms with Crippen LogP contribution in [0, 0.1) is 5.92 Å². The molecule has 0 aromatic heterocycles. The molecule has 0 aliphatic heterocycles. The normalized spacial score (nSPS) is 15.7. The fourth-order valence-corrected chi connectivity index (χ4v) is 3.77. The Bertz CT molecular complexity index is 570. The Balaban J connectivity index is 3.08. The van der Waals surface area contributed by atoms with E-state index in [4.69, 9.17) is 0 Å². The summed E-state index contributed by atoms with van der Waals surface area (Å²) in [7, 11) is -2.12. The molecule has 7 heteroatoms. The maximum Gasteiger partial charge on any atom is 0.416 e. The van der Waals surface area contributed by atoms with Gasteiger partial charge in [-0.3, -0.25) is 0 Å². The fourth-order valence-electron chi connectivity index (χ4n) is 2.02. The zero-order valence-corrected chi connectivity index (χ0v) is 13.1. The molecule has 0 aliphatic carbocycles. The van der Waals surface area contributed by atoms with Gasteiger partial charge in [0, 0.05) is 6.04 Å². The number of sulfone groups is 1. The van der Waals surface area contributed by atoms with Crippen molar-refractivity contribution < 1.29 is 21.6 Å². The molecule has 0 aliphatic rings. The molecule has 0 radical (unpaired) electrons. The molecule has 1 N–H and O–H groups in total. The quantitative estimate of drug-likeness (QED) is 0.875. The third kappa shape index (κ3) is 4.71. The van der Waals surface area contributed by atoms with Crippen LogP contribution < -0.4 is 5.32 Å². The number of rotatable bonds is 6. The zero-order chi connectivity index (χ0) is 16.3. The highest BCUT2D eigenvalue weighted by Gasteiger charge is 2.32. The van der Waals surface area contributed by atoms with Crippen LogP contribution in [-0.4, -0.2) is 27.3 Å². The molecular weight excluding hydrogens is 303 g/mol. The van der Waals surface area contributed by atoms with E-state index in [-0.39, 0.29) is 22.6 Å². The minimum Gasteiger partial charge on any atom is -0.316 e. The molecule has 1 aromatic carbocycles. The van der Waals surface area contributed by atoms with Crippen LogP contribution in [0.1, 0.15) is 25.8 Å². The summed E-state index contributed by atoms with van der Waals surface area (Å²) in [4.78, 5) is -0.291. The molecule has 0 saturated carbocycles.